The molecule has 1 aliphatic carbocycles. The molecule has 1 aromatic heterocycles. The summed E-state index contributed by atoms with van der Waals surface area (Å²) < 4.78 is 5.99. The SMILES string of the molecule is Cc1nc(CN2C[C@@H]3CCC[C@@H](OCC(=O)N(C)C)[C@@H]3C2)cs1. The molecule has 1 saturated carbocycles. The van der Waals surface area contributed by atoms with Gasteiger partial charge in [0.25, 0.3) is 0 Å². The zero-order valence-electron chi connectivity index (χ0n) is 14.3. The van der Waals surface area contributed by atoms with Crippen LogP contribution in [0, 0.1) is 18.8 Å². The van der Waals surface area contributed by atoms with Crippen LogP contribution in [0.4, 0.5) is 0 Å². The van der Waals surface area contributed by atoms with E-state index in [1.54, 1.807) is 30.3 Å². The number of hydrogen-bond acceptors (Lipinski definition) is 5. The van der Waals surface area contributed by atoms with Crippen molar-refractivity contribution in [2.75, 3.05) is 33.8 Å². The molecular weight excluding hydrogens is 310 g/mol. The molecule has 0 unspecified atom stereocenters. The van der Waals surface area contributed by atoms with Crippen LogP contribution < -0.4 is 0 Å². The molecular formula is C17H27N3O2S. The molecule has 0 radical (unpaired) electrons. The molecule has 0 bridgehead atoms. The monoisotopic (exact) mass is 337 g/mol. The third-order valence-corrected chi connectivity index (χ3v) is 5.90. The van der Waals surface area contributed by atoms with Gasteiger partial charge in [-0.2, -0.15) is 0 Å². The number of nitrogens with zero attached hydrogens (tertiary/aromatic N) is 3. The van der Waals surface area contributed by atoms with Gasteiger partial charge in [0.15, 0.2) is 0 Å². The molecule has 0 N–H and O–H groups in total. The van der Waals surface area contributed by atoms with Crippen LogP contribution in [-0.4, -0.2) is 60.6 Å². The predicted molar refractivity (Wildman–Crippen MR) is 91.4 cm³/mol. The Bertz CT molecular complexity index is 546. The number of likely N-dealkylation sites (N-methyl/N-ethyl adjacent to an activating group) is 1. The smallest absolute Gasteiger partial charge is 0.248 e. The molecule has 0 spiro atoms. The van der Waals surface area contributed by atoms with Gasteiger partial charge in [0.05, 0.1) is 16.8 Å². The largest absolute Gasteiger partial charge is 0.368 e. The molecule has 5 nitrogen and oxygen atoms in total. The number of amides is 1. The Balaban J connectivity index is 1.55. The normalized spacial score (nSPS) is 27.9. The summed E-state index contributed by atoms with van der Waals surface area (Å²) >= 11 is 1.72. The van der Waals surface area contributed by atoms with E-state index in [2.05, 4.69) is 22.2 Å². The first-order valence-electron chi connectivity index (χ1n) is 8.48. The van der Waals surface area contributed by atoms with E-state index in [1.807, 2.05) is 0 Å². The van der Waals surface area contributed by atoms with Gasteiger partial charge < -0.3 is 9.64 Å². The molecule has 3 rings (SSSR count). The van der Waals surface area contributed by atoms with Crippen LogP contribution in [0.2, 0.25) is 0 Å². The number of hydrogen-bond donors (Lipinski definition) is 0. The van der Waals surface area contributed by atoms with Crippen molar-refractivity contribution < 1.29 is 9.53 Å². The Morgan fingerprint density at radius 3 is 2.96 bits per heavy atom. The second-order valence-electron chi connectivity index (χ2n) is 7.04. The van der Waals surface area contributed by atoms with Crippen LogP contribution in [-0.2, 0) is 16.1 Å². The summed E-state index contributed by atoms with van der Waals surface area (Å²) in [7, 11) is 3.56. The average Bonchev–Trinajstić information content (AvgIpc) is 3.10. The third-order valence-electron chi connectivity index (χ3n) is 5.08. The minimum atomic E-state index is 0.0555. The van der Waals surface area contributed by atoms with Crippen molar-refractivity contribution in [2.45, 2.75) is 38.8 Å². The van der Waals surface area contributed by atoms with Crippen molar-refractivity contribution in [3.05, 3.63) is 16.1 Å². The molecule has 2 fully saturated rings. The maximum atomic E-state index is 11.8. The summed E-state index contributed by atoms with van der Waals surface area (Å²) in [5.74, 6) is 1.33. The summed E-state index contributed by atoms with van der Waals surface area (Å²) in [6.07, 6.45) is 3.83. The van der Waals surface area contributed by atoms with Crippen LogP contribution >= 0.6 is 11.3 Å². The molecule has 23 heavy (non-hydrogen) atoms. The van der Waals surface area contributed by atoms with E-state index in [1.165, 1.54) is 18.5 Å². The fourth-order valence-corrected chi connectivity index (χ4v) is 4.47. The maximum absolute atomic E-state index is 11.8. The average molecular weight is 337 g/mol. The maximum Gasteiger partial charge on any atom is 0.248 e. The molecule has 1 aromatic rings. The lowest BCUT2D eigenvalue weighted by Gasteiger charge is -2.33. The van der Waals surface area contributed by atoms with Crippen LogP contribution in [0.5, 0.6) is 0 Å². The molecule has 1 saturated heterocycles. The highest BCUT2D eigenvalue weighted by Crippen LogP contribution is 2.38. The minimum Gasteiger partial charge on any atom is -0.368 e. The first-order valence-corrected chi connectivity index (χ1v) is 9.36. The van der Waals surface area contributed by atoms with Crippen LogP contribution in [0.15, 0.2) is 5.38 Å². The Morgan fingerprint density at radius 1 is 1.43 bits per heavy atom. The van der Waals surface area contributed by atoms with Gasteiger partial charge in [-0.15, -0.1) is 11.3 Å². The van der Waals surface area contributed by atoms with Gasteiger partial charge in [-0.1, -0.05) is 6.42 Å². The van der Waals surface area contributed by atoms with Crippen molar-refractivity contribution in [3.8, 4) is 0 Å². The Kier molecular flexibility index (Phi) is 5.34. The van der Waals surface area contributed by atoms with Crippen molar-refractivity contribution >= 4 is 17.2 Å². The number of ether oxygens (including phenoxy) is 1. The van der Waals surface area contributed by atoms with Gasteiger partial charge in [0.1, 0.15) is 6.61 Å². The Hall–Kier alpha value is -0.980. The van der Waals surface area contributed by atoms with E-state index in [4.69, 9.17) is 4.74 Å². The first-order chi connectivity index (χ1) is 11.0. The highest BCUT2D eigenvalue weighted by molar-refractivity contribution is 7.09. The van der Waals surface area contributed by atoms with E-state index in [9.17, 15) is 4.79 Å². The van der Waals surface area contributed by atoms with E-state index in [0.29, 0.717) is 11.8 Å². The molecule has 2 heterocycles. The molecule has 1 amide bonds. The minimum absolute atomic E-state index is 0.0555. The van der Waals surface area contributed by atoms with Gasteiger partial charge in [0, 0.05) is 45.0 Å². The van der Waals surface area contributed by atoms with Crippen LogP contribution in [0.3, 0.4) is 0 Å². The van der Waals surface area contributed by atoms with Gasteiger partial charge in [-0.3, -0.25) is 9.69 Å². The first kappa shape index (κ1) is 16.9. The van der Waals surface area contributed by atoms with Crippen LogP contribution in [0.25, 0.3) is 0 Å². The zero-order chi connectivity index (χ0) is 16.4. The Labute approximate surface area is 142 Å². The number of carbonyl (C=O) groups is 1. The molecule has 3 atom stereocenters. The number of carbonyl (C=O) groups excluding carboxylic acids is 1. The molecule has 0 aromatic carbocycles. The standard InChI is InChI=1S/C17H27N3O2S/c1-12-18-14(11-23-12)8-20-7-13-5-4-6-16(15(13)9-20)22-10-17(21)19(2)3/h11,13,15-16H,4-10H2,1-3H3/t13-,15+,16+/m0/s1. The van der Waals surface area contributed by atoms with Crippen LogP contribution in [0.1, 0.15) is 30.0 Å². The van der Waals surface area contributed by atoms with Gasteiger partial charge in [-0.25, -0.2) is 4.98 Å². The Morgan fingerprint density at radius 2 is 2.26 bits per heavy atom. The van der Waals surface area contributed by atoms with E-state index < -0.39 is 0 Å². The molecule has 128 valence electrons. The highest BCUT2D eigenvalue weighted by atomic mass is 32.1. The number of aryl methyl sites for hydroxylation is 1. The van der Waals surface area contributed by atoms with Gasteiger partial charge in [-0.05, 0) is 25.7 Å². The highest BCUT2D eigenvalue weighted by Gasteiger charge is 2.41. The topological polar surface area (TPSA) is 45.7 Å². The second-order valence-corrected chi connectivity index (χ2v) is 8.11. The van der Waals surface area contributed by atoms with Gasteiger partial charge in [0.2, 0.25) is 5.91 Å². The van der Waals surface area contributed by atoms with E-state index in [0.717, 1.165) is 31.1 Å². The van der Waals surface area contributed by atoms with Crippen molar-refractivity contribution in [2.24, 2.45) is 11.8 Å². The molecule has 1 aliphatic heterocycles. The lowest BCUT2D eigenvalue weighted by molar-refractivity contribution is -0.138. The zero-order valence-corrected chi connectivity index (χ0v) is 15.1. The second kappa shape index (κ2) is 7.28. The number of thiazole rings is 1. The van der Waals surface area contributed by atoms with Crippen molar-refractivity contribution in [1.82, 2.24) is 14.8 Å². The summed E-state index contributed by atoms with van der Waals surface area (Å²) in [6, 6.07) is 0. The molecule has 6 heteroatoms. The fraction of sp³-hybridized carbons (Fsp3) is 0.765. The number of likely N-dealkylation sites (tertiary alicyclic amines) is 1. The van der Waals surface area contributed by atoms with Crippen molar-refractivity contribution in [3.63, 3.8) is 0 Å². The van der Waals surface area contributed by atoms with E-state index >= 15 is 0 Å². The number of fused-ring (bicyclic) bond motifs is 1. The summed E-state index contributed by atoms with van der Waals surface area (Å²) in [5, 5.41) is 3.31. The van der Waals surface area contributed by atoms with E-state index in [-0.39, 0.29) is 18.6 Å². The molecule has 2 aliphatic rings. The summed E-state index contributed by atoms with van der Waals surface area (Å²) in [6.45, 7) is 5.43. The number of rotatable bonds is 5. The lowest BCUT2D eigenvalue weighted by Crippen LogP contribution is -2.37. The predicted octanol–water partition coefficient (Wildman–Crippen LogP) is 2.16. The van der Waals surface area contributed by atoms with Crippen molar-refractivity contribution in [1.29, 1.82) is 0 Å². The third kappa shape index (κ3) is 4.11. The summed E-state index contributed by atoms with van der Waals surface area (Å²) in [5.41, 5.74) is 1.19. The quantitative estimate of drug-likeness (QED) is 0.826. The van der Waals surface area contributed by atoms with Gasteiger partial charge >= 0.3 is 0 Å². The lowest BCUT2D eigenvalue weighted by atomic mass is 9.79. The summed E-state index contributed by atoms with van der Waals surface area (Å²) in [4.78, 5) is 20.5. The number of aromatic nitrogens is 1. The fourth-order valence-electron chi connectivity index (χ4n) is 3.86.